The molecule has 2 aliphatic heterocycles. The van der Waals surface area contributed by atoms with Crippen LogP contribution in [0.3, 0.4) is 0 Å². The van der Waals surface area contributed by atoms with Crippen LogP contribution in [0.25, 0.3) is 0 Å². The van der Waals surface area contributed by atoms with Gasteiger partial charge < -0.3 is 10.1 Å². The number of Topliss-reactive ketones (excluding diaryl/α,β-unsaturated/α-hetero) is 1. The van der Waals surface area contributed by atoms with Gasteiger partial charge in [0, 0.05) is 23.6 Å². The van der Waals surface area contributed by atoms with Crippen molar-refractivity contribution in [2.75, 3.05) is 13.2 Å². The minimum Gasteiger partial charge on any atom is -0.378 e. The normalized spacial score (nSPS) is 28.0. The summed E-state index contributed by atoms with van der Waals surface area (Å²) in [6.45, 7) is 1.10. The highest BCUT2D eigenvalue weighted by molar-refractivity contribution is 5.98. The predicted molar refractivity (Wildman–Crippen MR) is 69.7 cm³/mol. The Labute approximate surface area is 120 Å². The number of rotatable bonds is 2. The Morgan fingerprint density at radius 2 is 1.81 bits per heavy atom. The summed E-state index contributed by atoms with van der Waals surface area (Å²) in [4.78, 5) is 12.5. The van der Waals surface area contributed by atoms with E-state index in [4.69, 9.17) is 10.00 Å². The average molecular weight is 292 g/mol. The number of piperidine rings is 1. The van der Waals surface area contributed by atoms with Crippen LogP contribution in [0.1, 0.15) is 28.8 Å². The van der Waals surface area contributed by atoms with Crippen LogP contribution in [0.4, 0.5) is 8.78 Å². The number of nitrogens with one attached hydrogen (secondary N) is 1. The molecule has 3 rings (SSSR count). The topological polar surface area (TPSA) is 62.1 Å². The second-order valence-corrected chi connectivity index (χ2v) is 5.56. The molecule has 2 heterocycles. The maximum Gasteiger partial charge on any atom is 0.166 e. The fourth-order valence-electron chi connectivity index (χ4n) is 3.11. The molecule has 0 amide bonds. The Morgan fingerprint density at radius 3 is 2.33 bits per heavy atom. The van der Waals surface area contributed by atoms with Crippen LogP contribution in [0, 0.1) is 28.9 Å². The highest BCUT2D eigenvalue weighted by Crippen LogP contribution is 2.28. The summed E-state index contributed by atoms with van der Waals surface area (Å²) in [6.07, 6.45) is 1.19. The van der Waals surface area contributed by atoms with Gasteiger partial charge in [-0.3, -0.25) is 4.79 Å². The minimum atomic E-state index is -0.988. The summed E-state index contributed by atoms with van der Waals surface area (Å²) in [7, 11) is 0. The van der Waals surface area contributed by atoms with Crippen molar-refractivity contribution < 1.29 is 18.3 Å². The first-order valence-electron chi connectivity index (χ1n) is 6.85. The van der Waals surface area contributed by atoms with E-state index in [-0.39, 0.29) is 29.3 Å². The van der Waals surface area contributed by atoms with Crippen LogP contribution >= 0.6 is 0 Å². The molecule has 0 radical (unpaired) electrons. The zero-order chi connectivity index (χ0) is 15.0. The number of halogens is 2. The number of carbonyl (C=O) groups is 1. The fraction of sp³-hybridized carbons (Fsp3) is 0.467. The van der Waals surface area contributed by atoms with Crippen LogP contribution in [0.15, 0.2) is 12.1 Å². The molecule has 21 heavy (non-hydrogen) atoms. The predicted octanol–water partition coefficient (Wildman–Crippen LogP) is 1.79. The van der Waals surface area contributed by atoms with E-state index < -0.39 is 17.2 Å². The van der Waals surface area contributed by atoms with Crippen molar-refractivity contribution in [3.63, 3.8) is 0 Å². The monoisotopic (exact) mass is 292 g/mol. The largest absolute Gasteiger partial charge is 0.378 e. The van der Waals surface area contributed by atoms with E-state index >= 15 is 0 Å². The van der Waals surface area contributed by atoms with Crippen LogP contribution < -0.4 is 5.32 Å². The molecule has 2 unspecified atom stereocenters. The molecule has 0 spiro atoms. The number of fused-ring (bicyclic) bond motifs is 2. The van der Waals surface area contributed by atoms with Gasteiger partial charge in [-0.1, -0.05) is 0 Å². The maximum atomic E-state index is 13.6. The lowest BCUT2D eigenvalue weighted by molar-refractivity contribution is 0.00951. The quantitative estimate of drug-likeness (QED) is 0.844. The molecular formula is C15H14F2N2O2. The first-order chi connectivity index (χ1) is 10.1. The van der Waals surface area contributed by atoms with Crippen molar-refractivity contribution in [1.29, 1.82) is 5.26 Å². The van der Waals surface area contributed by atoms with Crippen molar-refractivity contribution >= 4 is 5.78 Å². The van der Waals surface area contributed by atoms with Crippen molar-refractivity contribution in [3.05, 3.63) is 34.9 Å². The van der Waals surface area contributed by atoms with Gasteiger partial charge in [0.2, 0.25) is 0 Å². The number of ketones is 1. The van der Waals surface area contributed by atoms with Gasteiger partial charge in [-0.15, -0.1) is 0 Å². The zero-order valence-corrected chi connectivity index (χ0v) is 11.2. The summed E-state index contributed by atoms with van der Waals surface area (Å²) < 4.78 is 32.7. The van der Waals surface area contributed by atoms with Crippen LogP contribution in [0.5, 0.6) is 0 Å². The van der Waals surface area contributed by atoms with E-state index in [1.165, 1.54) is 6.07 Å². The molecule has 2 aliphatic rings. The third-order valence-electron chi connectivity index (χ3n) is 4.06. The molecule has 1 N–H and O–H groups in total. The molecular weight excluding hydrogens is 278 g/mol. The molecule has 2 fully saturated rings. The number of nitrogens with zero attached hydrogens (tertiary/aromatic N) is 1. The number of hydrogen-bond donors (Lipinski definition) is 1. The second kappa shape index (κ2) is 5.51. The van der Waals surface area contributed by atoms with Crippen LogP contribution in [-0.4, -0.2) is 31.1 Å². The fourth-order valence-corrected chi connectivity index (χ4v) is 3.11. The zero-order valence-electron chi connectivity index (χ0n) is 11.2. The third-order valence-corrected chi connectivity index (χ3v) is 4.06. The Morgan fingerprint density at radius 1 is 1.24 bits per heavy atom. The molecule has 0 saturated carbocycles. The molecule has 2 atom stereocenters. The lowest BCUT2D eigenvalue weighted by Crippen LogP contribution is -2.55. The van der Waals surface area contributed by atoms with Gasteiger partial charge >= 0.3 is 0 Å². The number of hydrogen-bond acceptors (Lipinski definition) is 4. The van der Waals surface area contributed by atoms with E-state index in [0.29, 0.717) is 26.1 Å². The van der Waals surface area contributed by atoms with Gasteiger partial charge in [0.25, 0.3) is 0 Å². The number of ether oxygens (including phenoxy) is 1. The third kappa shape index (κ3) is 2.67. The summed E-state index contributed by atoms with van der Waals surface area (Å²) in [5.74, 6) is -2.51. The van der Waals surface area contributed by atoms with Crippen molar-refractivity contribution in [2.45, 2.75) is 24.9 Å². The molecule has 1 aromatic carbocycles. The van der Waals surface area contributed by atoms with Gasteiger partial charge in [0.1, 0.15) is 23.3 Å². The van der Waals surface area contributed by atoms with Gasteiger partial charge in [-0.25, -0.2) is 8.78 Å². The molecule has 2 saturated heterocycles. The van der Waals surface area contributed by atoms with Crippen molar-refractivity contribution in [2.24, 2.45) is 5.92 Å². The van der Waals surface area contributed by atoms with Gasteiger partial charge in [-0.05, 0) is 25.0 Å². The summed E-state index contributed by atoms with van der Waals surface area (Å²) in [6, 6.07) is 3.59. The standard InChI is InChI=1S/C15H14F2N2O2/c16-13-3-9(4-14(17)12(13)5-18)15(20)8-1-10-6-21-7-11(2-8)19-10/h3-4,8,10-11,19H,1-2,6-7H2. The maximum absolute atomic E-state index is 13.6. The number of morpholine rings is 1. The molecule has 0 aliphatic carbocycles. The van der Waals surface area contributed by atoms with Crippen molar-refractivity contribution in [3.8, 4) is 6.07 Å². The molecule has 4 nitrogen and oxygen atoms in total. The Bertz CT molecular complexity index is 592. The highest BCUT2D eigenvalue weighted by atomic mass is 19.1. The SMILES string of the molecule is N#Cc1c(F)cc(C(=O)C2CC3COCC(C2)N3)cc1F. The summed E-state index contributed by atoms with van der Waals surface area (Å²) in [5, 5.41) is 12.0. The van der Waals surface area contributed by atoms with Crippen molar-refractivity contribution in [1.82, 2.24) is 5.32 Å². The van der Waals surface area contributed by atoms with Gasteiger partial charge in [0.05, 0.1) is 13.2 Å². The minimum absolute atomic E-state index is 0.00473. The lowest BCUT2D eigenvalue weighted by atomic mass is 9.82. The molecule has 1 aromatic rings. The Balaban J connectivity index is 1.84. The average Bonchev–Trinajstić information content (AvgIpc) is 2.45. The number of benzene rings is 1. The Hall–Kier alpha value is -1.84. The van der Waals surface area contributed by atoms with E-state index in [1.54, 1.807) is 0 Å². The number of nitriles is 1. The first kappa shape index (κ1) is 14.1. The summed E-state index contributed by atoms with van der Waals surface area (Å²) in [5.41, 5.74) is -0.656. The van der Waals surface area contributed by atoms with Gasteiger partial charge in [-0.2, -0.15) is 5.26 Å². The van der Waals surface area contributed by atoms with E-state index in [1.807, 2.05) is 0 Å². The smallest absolute Gasteiger partial charge is 0.166 e. The highest BCUT2D eigenvalue weighted by Gasteiger charge is 2.35. The van der Waals surface area contributed by atoms with Crippen LogP contribution in [0.2, 0.25) is 0 Å². The lowest BCUT2D eigenvalue weighted by Gasteiger charge is -2.39. The van der Waals surface area contributed by atoms with E-state index in [9.17, 15) is 13.6 Å². The van der Waals surface area contributed by atoms with Crippen LogP contribution in [-0.2, 0) is 4.74 Å². The van der Waals surface area contributed by atoms with E-state index in [2.05, 4.69) is 5.32 Å². The number of carbonyl (C=O) groups excluding carboxylic acids is 1. The van der Waals surface area contributed by atoms with E-state index in [0.717, 1.165) is 12.1 Å². The molecule has 110 valence electrons. The molecule has 0 aromatic heterocycles. The molecule has 6 heteroatoms. The summed E-state index contributed by atoms with van der Waals surface area (Å²) >= 11 is 0. The first-order valence-corrected chi connectivity index (χ1v) is 6.85. The van der Waals surface area contributed by atoms with Gasteiger partial charge in [0.15, 0.2) is 5.78 Å². The second-order valence-electron chi connectivity index (χ2n) is 5.56. The molecule has 2 bridgehead atoms. The Kier molecular flexibility index (Phi) is 3.70.